The molecule has 0 bridgehead atoms. The number of esters is 1. The number of carbonyl (C=O) groups excluding carboxylic acids is 1. The van der Waals surface area contributed by atoms with Crippen molar-refractivity contribution in [1.29, 1.82) is 0 Å². The molecule has 3 heterocycles. The molecule has 0 saturated carbocycles. The maximum absolute atomic E-state index is 12.0. The molecule has 0 aliphatic carbocycles. The summed E-state index contributed by atoms with van der Waals surface area (Å²) in [6.07, 6.45) is -2.55. The fraction of sp³-hybridized carbons (Fsp3) is 0.933. The van der Waals surface area contributed by atoms with Gasteiger partial charge in [-0.25, -0.2) is 0 Å². The Morgan fingerprint density at radius 2 is 1.83 bits per heavy atom. The Kier molecular flexibility index (Phi) is 4.53. The lowest BCUT2D eigenvalue weighted by Gasteiger charge is -2.29. The van der Waals surface area contributed by atoms with Crippen LogP contribution in [0.5, 0.6) is 0 Å². The van der Waals surface area contributed by atoms with E-state index in [2.05, 4.69) is 15.9 Å². The Balaban J connectivity index is 1.77. The molecule has 0 radical (unpaired) electrons. The molecule has 132 valence electrons. The monoisotopic (exact) mass is 394 g/mol. The molecule has 0 N–H and O–H groups in total. The van der Waals surface area contributed by atoms with Crippen LogP contribution in [0.25, 0.3) is 0 Å². The first kappa shape index (κ1) is 17.6. The third-order valence-corrected chi connectivity index (χ3v) is 4.37. The summed E-state index contributed by atoms with van der Waals surface area (Å²) in [6, 6.07) is 0. The molecular formula is C15H23BrO7. The zero-order valence-electron chi connectivity index (χ0n) is 13.9. The van der Waals surface area contributed by atoms with E-state index in [1.165, 1.54) is 0 Å². The number of halogens is 1. The fourth-order valence-electron chi connectivity index (χ4n) is 3.04. The van der Waals surface area contributed by atoms with Crippen molar-refractivity contribution < 1.29 is 33.2 Å². The van der Waals surface area contributed by atoms with Gasteiger partial charge in [0.25, 0.3) is 0 Å². The van der Waals surface area contributed by atoms with Gasteiger partial charge >= 0.3 is 5.97 Å². The van der Waals surface area contributed by atoms with Gasteiger partial charge in [-0.05, 0) is 34.6 Å². The second-order valence-corrected chi connectivity index (χ2v) is 8.33. The van der Waals surface area contributed by atoms with Crippen LogP contribution in [0, 0.1) is 0 Å². The molecule has 0 aromatic rings. The lowest BCUT2D eigenvalue weighted by molar-refractivity contribution is -0.235. The first-order chi connectivity index (χ1) is 10.6. The molecule has 3 aliphatic heterocycles. The summed E-state index contributed by atoms with van der Waals surface area (Å²) in [5.74, 6) is -1.85. The van der Waals surface area contributed by atoms with Gasteiger partial charge in [-0.2, -0.15) is 0 Å². The second-order valence-electron chi connectivity index (χ2n) is 6.95. The Labute approximate surface area is 144 Å². The predicted octanol–water partition coefficient (Wildman–Crippen LogP) is 1.71. The molecule has 0 aromatic carbocycles. The van der Waals surface area contributed by atoms with Gasteiger partial charge < -0.3 is 28.4 Å². The highest BCUT2D eigenvalue weighted by atomic mass is 79.9. The second kappa shape index (κ2) is 5.93. The molecule has 0 aromatic heterocycles. The van der Waals surface area contributed by atoms with Crippen LogP contribution in [0.2, 0.25) is 0 Å². The highest BCUT2D eigenvalue weighted by molar-refractivity contribution is 9.10. The molecule has 0 spiro atoms. The molecule has 6 atom stereocenters. The summed E-state index contributed by atoms with van der Waals surface area (Å²) in [6.45, 7) is 9.33. The van der Waals surface area contributed by atoms with E-state index in [1.54, 1.807) is 20.8 Å². The highest BCUT2D eigenvalue weighted by Gasteiger charge is 2.60. The van der Waals surface area contributed by atoms with Gasteiger partial charge in [-0.1, -0.05) is 15.9 Å². The van der Waals surface area contributed by atoms with Crippen molar-refractivity contribution in [2.75, 3.05) is 6.61 Å². The van der Waals surface area contributed by atoms with Crippen LogP contribution < -0.4 is 0 Å². The van der Waals surface area contributed by atoms with Gasteiger partial charge in [-0.3, -0.25) is 4.79 Å². The minimum absolute atomic E-state index is 0.352. The first-order valence-corrected chi connectivity index (χ1v) is 8.67. The molecule has 7 nitrogen and oxygen atoms in total. The van der Waals surface area contributed by atoms with Gasteiger partial charge in [0.1, 0.15) is 17.0 Å². The minimum Gasteiger partial charge on any atom is -0.456 e. The van der Waals surface area contributed by atoms with Crippen molar-refractivity contribution in [3.63, 3.8) is 0 Å². The molecule has 8 heteroatoms. The number of carbonyl (C=O) groups is 1. The van der Waals surface area contributed by atoms with Gasteiger partial charge in [0.15, 0.2) is 30.1 Å². The average Bonchev–Trinajstić information content (AvgIpc) is 3.01. The van der Waals surface area contributed by atoms with Crippen molar-refractivity contribution in [3.05, 3.63) is 0 Å². The van der Waals surface area contributed by atoms with Gasteiger partial charge in [0, 0.05) is 0 Å². The molecule has 23 heavy (non-hydrogen) atoms. The number of alkyl halides is 1. The maximum atomic E-state index is 12.0. The Morgan fingerprint density at radius 3 is 2.39 bits per heavy atom. The first-order valence-electron chi connectivity index (χ1n) is 7.75. The topological polar surface area (TPSA) is 72.5 Å². The van der Waals surface area contributed by atoms with E-state index in [4.69, 9.17) is 28.4 Å². The van der Waals surface area contributed by atoms with E-state index >= 15 is 0 Å². The van der Waals surface area contributed by atoms with Crippen LogP contribution in [0.15, 0.2) is 0 Å². The van der Waals surface area contributed by atoms with Crippen LogP contribution in [-0.2, 0) is 33.2 Å². The van der Waals surface area contributed by atoms with Gasteiger partial charge in [0.2, 0.25) is 0 Å². The third kappa shape index (κ3) is 3.57. The smallest absolute Gasteiger partial charge is 0.319 e. The van der Waals surface area contributed by atoms with E-state index in [-0.39, 0.29) is 12.1 Å². The minimum atomic E-state index is -0.780. The van der Waals surface area contributed by atoms with E-state index < -0.39 is 41.0 Å². The normalized spacial score (nSPS) is 42.4. The molecule has 3 aliphatic rings. The fourth-order valence-corrected chi connectivity index (χ4v) is 3.15. The zero-order valence-corrected chi connectivity index (χ0v) is 15.5. The summed E-state index contributed by atoms with van der Waals surface area (Å²) in [5.41, 5.74) is 0. The Morgan fingerprint density at radius 1 is 1.13 bits per heavy atom. The van der Waals surface area contributed by atoms with Crippen molar-refractivity contribution in [2.24, 2.45) is 0 Å². The number of hydrogen-bond donors (Lipinski definition) is 0. The van der Waals surface area contributed by atoms with E-state index in [0.717, 1.165) is 0 Å². The lowest BCUT2D eigenvalue weighted by Crippen LogP contribution is -2.45. The summed E-state index contributed by atoms with van der Waals surface area (Å²) in [5, 5.41) is 0. The molecule has 3 fully saturated rings. The average molecular weight is 395 g/mol. The number of rotatable bonds is 3. The number of ether oxygens (including phenoxy) is 6. The molecule has 0 unspecified atom stereocenters. The summed E-state index contributed by atoms with van der Waals surface area (Å²) < 4.78 is 34.6. The van der Waals surface area contributed by atoms with Gasteiger partial charge in [-0.15, -0.1) is 0 Å². The van der Waals surface area contributed by atoms with E-state index in [1.807, 2.05) is 13.8 Å². The van der Waals surface area contributed by atoms with Crippen molar-refractivity contribution >= 4 is 21.9 Å². The van der Waals surface area contributed by atoms with E-state index in [0.29, 0.717) is 6.61 Å². The SMILES string of the molecule is C[C@H](Br)C(=O)O[C@@H]1[C@H]2OC(C)(C)O[C@H]2O[C@@H]1[C@H]1COC(C)(C)O1. The summed E-state index contributed by atoms with van der Waals surface area (Å²) in [7, 11) is 0. The Hall–Kier alpha value is -0.250. The van der Waals surface area contributed by atoms with Crippen molar-refractivity contribution in [2.45, 2.75) is 81.7 Å². The van der Waals surface area contributed by atoms with Crippen LogP contribution in [0.4, 0.5) is 0 Å². The van der Waals surface area contributed by atoms with Crippen LogP contribution >= 0.6 is 15.9 Å². The number of fused-ring (bicyclic) bond motifs is 1. The molecular weight excluding hydrogens is 372 g/mol. The lowest BCUT2D eigenvalue weighted by atomic mass is 10.1. The maximum Gasteiger partial charge on any atom is 0.319 e. The van der Waals surface area contributed by atoms with Crippen molar-refractivity contribution in [3.8, 4) is 0 Å². The van der Waals surface area contributed by atoms with Gasteiger partial charge in [0.05, 0.1) is 6.61 Å². The highest BCUT2D eigenvalue weighted by Crippen LogP contribution is 2.42. The molecule has 3 saturated heterocycles. The quantitative estimate of drug-likeness (QED) is 0.532. The van der Waals surface area contributed by atoms with Crippen LogP contribution in [0.3, 0.4) is 0 Å². The standard InChI is InChI=1S/C15H23BrO7/c1-7(16)12(17)19-10-9(8-6-18-14(2,3)21-8)20-13-11(10)22-15(4,5)23-13/h7-11,13H,6H2,1-5H3/t7-,8+,9+,10-,11+,13+/m0/s1. The van der Waals surface area contributed by atoms with Crippen LogP contribution in [-0.4, -0.2) is 59.7 Å². The van der Waals surface area contributed by atoms with Crippen LogP contribution in [0.1, 0.15) is 34.6 Å². The number of hydrogen-bond acceptors (Lipinski definition) is 7. The predicted molar refractivity (Wildman–Crippen MR) is 81.9 cm³/mol. The third-order valence-electron chi connectivity index (χ3n) is 4.00. The van der Waals surface area contributed by atoms with E-state index in [9.17, 15) is 4.79 Å². The molecule has 3 rings (SSSR count). The van der Waals surface area contributed by atoms with Crippen molar-refractivity contribution in [1.82, 2.24) is 0 Å². The molecule has 0 amide bonds. The Bertz CT molecular complexity index is 478. The summed E-state index contributed by atoms with van der Waals surface area (Å²) in [4.78, 5) is 11.6. The zero-order chi connectivity index (χ0) is 17.0. The summed E-state index contributed by atoms with van der Waals surface area (Å²) >= 11 is 3.22. The largest absolute Gasteiger partial charge is 0.456 e.